The molecule has 1 aromatic rings. The minimum Gasteiger partial charge on any atom is -0.318 e. The summed E-state index contributed by atoms with van der Waals surface area (Å²) in [7, 11) is 0. The van der Waals surface area contributed by atoms with Crippen LogP contribution in [0, 0.1) is 10.1 Å². The summed E-state index contributed by atoms with van der Waals surface area (Å²) in [6, 6.07) is 4.21. The summed E-state index contributed by atoms with van der Waals surface area (Å²) < 4.78 is 10.6. The van der Waals surface area contributed by atoms with Gasteiger partial charge in [-0.3, -0.25) is 15.2 Å². The predicted molar refractivity (Wildman–Crippen MR) is 60.9 cm³/mol. The second-order valence-corrected chi connectivity index (χ2v) is 5.44. The molecule has 0 heterocycles. The van der Waals surface area contributed by atoms with Crippen LogP contribution in [0.2, 0.25) is 0 Å². The number of urea groups is 1. The zero-order valence-corrected chi connectivity index (χ0v) is 9.81. The van der Waals surface area contributed by atoms with E-state index in [-0.39, 0.29) is 11.4 Å². The molecule has 0 radical (unpaired) electrons. The van der Waals surface area contributed by atoms with E-state index in [4.69, 9.17) is 16.1 Å². The van der Waals surface area contributed by atoms with Crippen LogP contribution in [-0.2, 0) is 4.57 Å². The van der Waals surface area contributed by atoms with E-state index in [9.17, 15) is 19.5 Å². The highest BCUT2D eigenvalue weighted by atomic mass is 35.7. The maximum atomic E-state index is 11.1. The number of amides is 2. The Morgan fingerprint density at radius 2 is 2.06 bits per heavy atom. The van der Waals surface area contributed by atoms with Crippen molar-refractivity contribution < 1.29 is 19.2 Å². The highest BCUT2D eigenvalue weighted by molar-refractivity contribution is 7.83. The van der Waals surface area contributed by atoms with E-state index in [0.717, 1.165) is 0 Å². The average molecular weight is 280 g/mol. The molecule has 0 aliphatic heterocycles. The Balaban J connectivity index is 2.85. The van der Waals surface area contributed by atoms with E-state index < -0.39 is 17.8 Å². The molecule has 3 N–H and O–H groups in total. The van der Waals surface area contributed by atoms with Gasteiger partial charge < -0.3 is 10.2 Å². The Labute approximate surface area is 100 Å². The summed E-state index contributed by atoms with van der Waals surface area (Å²) in [5.41, 5.74) is -0.454. The van der Waals surface area contributed by atoms with Gasteiger partial charge in [0.15, 0.2) is 0 Å². The summed E-state index contributed by atoms with van der Waals surface area (Å²) in [5.74, 6) is 0. The molecule has 2 amide bonds. The van der Waals surface area contributed by atoms with Gasteiger partial charge in [0.2, 0.25) is 0 Å². The third-order valence-electron chi connectivity index (χ3n) is 1.59. The summed E-state index contributed by atoms with van der Waals surface area (Å²) in [4.78, 5) is 29.7. The number of nitrogens with one attached hydrogen (secondary N) is 2. The number of carbonyl (C=O) groups excluding carboxylic acids is 1. The first-order valence-corrected chi connectivity index (χ1v) is 6.71. The Morgan fingerprint density at radius 1 is 1.47 bits per heavy atom. The van der Waals surface area contributed by atoms with Gasteiger partial charge in [-0.05, 0) is 17.3 Å². The fourth-order valence-corrected chi connectivity index (χ4v) is 1.55. The van der Waals surface area contributed by atoms with Gasteiger partial charge in [-0.1, -0.05) is 12.1 Å². The summed E-state index contributed by atoms with van der Waals surface area (Å²) >= 11 is 4.90. The molecule has 0 aliphatic rings. The van der Waals surface area contributed by atoms with Crippen molar-refractivity contribution in [3.05, 3.63) is 34.4 Å². The van der Waals surface area contributed by atoms with Gasteiger partial charge in [-0.2, -0.15) is 0 Å². The topological polar surface area (TPSA) is 122 Å². The molecule has 0 saturated carbocycles. The Kier molecular flexibility index (Phi) is 4.06. The molecule has 0 aliphatic carbocycles. The molecular formula is C7H7ClN3O5P. The number of halogens is 1. The van der Waals surface area contributed by atoms with Crippen LogP contribution >= 0.6 is 18.1 Å². The van der Waals surface area contributed by atoms with Crippen molar-refractivity contribution in [2.75, 3.05) is 5.32 Å². The third kappa shape index (κ3) is 4.39. The van der Waals surface area contributed by atoms with Crippen molar-refractivity contribution in [1.82, 2.24) is 5.09 Å². The first-order valence-electron chi connectivity index (χ1n) is 4.15. The Hall–Kier alpha value is -1.63. The number of nitrogens with zero attached hydrogens (tertiary/aromatic N) is 1. The van der Waals surface area contributed by atoms with Gasteiger partial charge in [0, 0.05) is 6.07 Å². The SMILES string of the molecule is O=C(Nc1ccccc1[N+](=O)[O-])NP(=O)(O)Cl. The van der Waals surface area contributed by atoms with Crippen LogP contribution in [0.3, 0.4) is 0 Å². The van der Waals surface area contributed by atoms with Crippen LogP contribution in [0.4, 0.5) is 16.2 Å². The molecule has 1 aromatic carbocycles. The standard InChI is InChI=1S/C7H7ClN3O5P/c8-17(15,16)10-7(12)9-5-3-1-2-4-6(5)11(13)14/h1-4H,(H3,9,10,12,15,16). The number of nitro benzene ring substituents is 1. The van der Waals surface area contributed by atoms with Crippen LogP contribution in [-0.4, -0.2) is 15.8 Å². The molecule has 0 saturated heterocycles. The van der Waals surface area contributed by atoms with Crippen LogP contribution in [0.5, 0.6) is 0 Å². The van der Waals surface area contributed by atoms with Crippen molar-refractivity contribution in [3.8, 4) is 0 Å². The van der Waals surface area contributed by atoms with Crippen LogP contribution < -0.4 is 10.4 Å². The fourth-order valence-electron chi connectivity index (χ4n) is 1.01. The van der Waals surface area contributed by atoms with Crippen LogP contribution in [0.25, 0.3) is 0 Å². The number of nitro groups is 1. The molecule has 10 heteroatoms. The largest absolute Gasteiger partial charge is 0.386 e. The minimum absolute atomic E-state index is 0.111. The second kappa shape index (κ2) is 5.13. The van der Waals surface area contributed by atoms with Crippen molar-refractivity contribution in [3.63, 3.8) is 0 Å². The molecule has 92 valence electrons. The molecule has 1 unspecified atom stereocenters. The van der Waals surface area contributed by atoms with E-state index in [1.54, 1.807) is 0 Å². The monoisotopic (exact) mass is 279 g/mol. The second-order valence-electron chi connectivity index (χ2n) is 2.84. The lowest BCUT2D eigenvalue weighted by atomic mass is 10.3. The van der Waals surface area contributed by atoms with E-state index in [0.29, 0.717) is 0 Å². The molecule has 0 fully saturated rings. The molecule has 17 heavy (non-hydrogen) atoms. The summed E-state index contributed by atoms with van der Waals surface area (Å²) in [6.07, 6.45) is 0. The number of anilines is 1. The van der Waals surface area contributed by atoms with Crippen molar-refractivity contribution in [1.29, 1.82) is 0 Å². The van der Waals surface area contributed by atoms with Crippen LogP contribution in [0.15, 0.2) is 24.3 Å². The number of rotatable bonds is 3. The van der Waals surface area contributed by atoms with Crippen molar-refractivity contribution in [2.45, 2.75) is 0 Å². The van der Waals surface area contributed by atoms with Crippen molar-refractivity contribution in [2.24, 2.45) is 0 Å². The number of para-hydroxylation sites is 2. The fraction of sp³-hybridized carbons (Fsp3) is 0. The van der Waals surface area contributed by atoms with E-state index in [2.05, 4.69) is 0 Å². The van der Waals surface area contributed by atoms with Gasteiger partial charge >= 0.3 is 12.9 Å². The average Bonchev–Trinajstić information content (AvgIpc) is 2.14. The third-order valence-corrected chi connectivity index (χ3v) is 2.32. The van der Waals surface area contributed by atoms with E-state index in [1.165, 1.54) is 29.4 Å². The van der Waals surface area contributed by atoms with Gasteiger partial charge in [-0.25, -0.2) is 9.36 Å². The zero-order chi connectivity index (χ0) is 13.1. The number of hydrogen-bond donors (Lipinski definition) is 3. The normalized spacial score (nSPS) is 13.5. The number of carbonyl (C=O) groups is 1. The lowest BCUT2D eigenvalue weighted by molar-refractivity contribution is -0.383. The van der Waals surface area contributed by atoms with Gasteiger partial charge in [0.25, 0.3) is 5.69 Å². The molecule has 0 aromatic heterocycles. The maximum absolute atomic E-state index is 11.1. The molecule has 8 nitrogen and oxygen atoms in total. The quantitative estimate of drug-likeness (QED) is 0.444. The lowest BCUT2D eigenvalue weighted by Crippen LogP contribution is -2.24. The van der Waals surface area contributed by atoms with Gasteiger partial charge in [0.1, 0.15) is 5.69 Å². The minimum atomic E-state index is -4.26. The predicted octanol–water partition coefficient (Wildman–Crippen LogP) is 2.06. The first kappa shape index (κ1) is 13.4. The highest BCUT2D eigenvalue weighted by Crippen LogP contribution is 2.41. The molecule has 0 spiro atoms. The smallest absolute Gasteiger partial charge is 0.318 e. The van der Waals surface area contributed by atoms with E-state index in [1.807, 2.05) is 5.32 Å². The first-order chi connectivity index (χ1) is 7.79. The summed E-state index contributed by atoms with van der Waals surface area (Å²) in [5, 5.41) is 14.2. The molecule has 0 bridgehead atoms. The maximum Gasteiger partial charge on any atom is 0.386 e. The van der Waals surface area contributed by atoms with Crippen molar-refractivity contribution >= 4 is 35.5 Å². The lowest BCUT2D eigenvalue weighted by Gasteiger charge is -2.08. The van der Waals surface area contributed by atoms with Gasteiger partial charge in [0.05, 0.1) is 4.92 Å². The Morgan fingerprint density at radius 3 is 2.59 bits per heavy atom. The number of benzene rings is 1. The summed E-state index contributed by atoms with van der Waals surface area (Å²) in [6.45, 7) is -4.26. The number of hydrogen-bond acceptors (Lipinski definition) is 4. The molecule has 1 rings (SSSR count). The zero-order valence-electron chi connectivity index (χ0n) is 8.16. The highest BCUT2D eigenvalue weighted by Gasteiger charge is 2.20. The Bertz CT molecular complexity index is 502. The molecule has 1 atom stereocenters. The van der Waals surface area contributed by atoms with E-state index >= 15 is 0 Å². The van der Waals surface area contributed by atoms with Gasteiger partial charge in [-0.15, -0.1) is 0 Å². The molecular weight excluding hydrogens is 273 g/mol. The van der Waals surface area contributed by atoms with Crippen LogP contribution in [0.1, 0.15) is 0 Å².